The Morgan fingerprint density at radius 2 is 1.86 bits per heavy atom. The Hall–Kier alpha value is -0.0800. The molecule has 82 valence electrons. The maximum Gasteiger partial charge on any atom is 0.0695 e. The summed E-state index contributed by atoms with van der Waals surface area (Å²) in [5, 5.41) is 9.97. The van der Waals surface area contributed by atoms with Crippen LogP contribution in [0.25, 0.3) is 0 Å². The van der Waals surface area contributed by atoms with Gasteiger partial charge < -0.3 is 5.11 Å². The summed E-state index contributed by atoms with van der Waals surface area (Å²) in [5.74, 6) is 0.831. The Morgan fingerprint density at radius 1 is 1.07 bits per heavy atom. The zero-order chi connectivity index (χ0) is 9.97. The molecular formula is C12H23NO. The van der Waals surface area contributed by atoms with Crippen LogP contribution in [0.1, 0.15) is 45.4 Å². The van der Waals surface area contributed by atoms with E-state index in [1.54, 1.807) is 0 Å². The lowest BCUT2D eigenvalue weighted by Crippen LogP contribution is -2.49. The van der Waals surface area contributed by atoms with E-state index in [0.29, 0.717) is 6.04 Å². The fourth-order valence-electron chi connectivity index (χ4n) is 3.04. The lowest BCUT2D eigenvalue weighted by atomic mass is 9.89. The highest BCUT2D eigenvalue weighted by atomic mass is 16.3. The maximum atomic E-state index is 9.97. The number of nitrogens with zero attached hydrogens (tertiary/aromatic N) is 1. The molecule has 1 heterocycles. The van der Waals surface area contributed by atoms with Gasteiger partial charge in [0, 0.05) is 12.6 Å². The van der Waals surface area contributed by atoms with Crippen molar-refractivity contribution >= 4 is 0 Å². The summed E-state index contributed by atoms with van der Waals surface area (Å²) in [6.07, 6.45) is 7.43. The third-order valence-electron chi connectivity index (χ3n) is 3.85. The first-order valence-corrected chi connectivity index (χ1v) is 6.19. The second-order valence-corrected chi connectivity index (χ2v) is 5.16. The molecule has 2 aliphatic rings. The van der Waals surface area contributed by atoms with E-state index in [2.05, 4.69) is 11.8 Å². The molecule has 0 aromatic carbocycles. The first kappa shape index (κ1) is 10.4. The second kappa shape index (κ2) is 4.63. The van der Waals surface area contributed by atoms with E-state index < -0.39 is 0 Å². The topological polar surface area (TPSA) is 23.5 Å². The summed E-state index contributed by atoms with van der Waals surface area (Å²) in [7, 11) is 0. The van der Waals surface area contributed by atoms with Crippen LogP contribution in [-0.2, 0) is 0 Å². The van der Waals surface area contributed by atoms with Crippen LogP contribution in [0.3, 0.4) is 0 Å². The number of hydrogen-bond donors (Lipinski definition) is 1. The van der Waals surface area contributed by atoms with Crippen LogP contribution in [0.2, 0.25) is 0 Å². The third-order valence-corrected chi connectivity index (χ3v) is 3.85. The van der Waals surface area contributed by atoms with Gasteiger partial charge in [0.1, 0.15) is 0 Å². The minimum absolute atomic E-state index is 0.0472. The summed E-state index contributed by atoms with van der Waals surface area (Å²) < 4.78 is 0. The van der Waals surface area contributed by atoms with Crippen molar-refractivity contribution in [1.29, 1.82) is 0 Å². The average Bonchev–Trinajstić information content (AvgIpc) is 2.18. The van der Waals surface area contributed by atoms with Crippen LogP contribution >= 0.6 is 0 Å². The monoisotopic (exact) mass is 197 g/mol. The molecule has 3 atom stereocenters. The zero-order valence-corrected chi connectivity index (χ0v) is 9.28. The molecule has 1 N–H and O–H groups in total. The molecule has 0 aromatic rings. The van der Waals surface area contributed by atoms with E-state index in [1.165, 1.54) is 45.2 Å². The molecular weight excluding hydrogens is 174 g/mol. The lowest BCUT2D eigenvalue weighted by molar-refractivity contribution is 0.00212. The van der Waals surface area contributed by atoms with Crippen molar-refractivity contribution in [3.05, 3.63) is 0 Å². The lowest BCUT2D eigenvalue weighted by Gasteiger charge is -2.41. The normalized spacial score (nSPS) is 41.1. The highest BCUT2D eigenvalue weighted by Gasteiger charge is 2.30. The molecule has 0 aromatic heterocycles. The van der Waals surface area contributed by atoms with Gasteiger partial charge in [0.05, 0.1) is 6.10 Å². The van der Waals surface area contributed by atoms with Crippen molar-refractivity contribution < 1.29 is 5.11 Å². The Morgan fingerprint density at radius 3 is 2.57 bits per heavy atom. The van der Waals surface area contributed by atoms with Gasteiger partial charge in [0.2, 0.25) is 0 Å². The summed E-state index contributed by atoms with van der Waals surface area (Å²) in [6, 6.07) is 0.478. The van der Waals surface area contributed by atoms with Crippen LogP contribution in [0.15, 0.2) is 0 Å². The molecule has 1 saturated heterocycles. The molecule has 0 amide bonds. The highest BCUT2D eigenvalue weighted by Crippen LogP contribution is 2.27. The molecule has 2 heteroatoms. The summed E-state index contributed by atoms with van der Waals surface area (Å²) in [5.41, 5.74) is 0. The summed E-state index contributed by atoms with van der Waals surface area (Å²) in [6.45, 7) is 4.76. The van der Waals surface area contributed by atoms with E-state index in [1.807, 2.05) is 0 Å². The van der Waals surface area contributed by atoms with Gasteiger partial charge in [-0.3, -0.25) is 4.90 Å². The minimum Gasteiger partial charge on any atom is -0.391 e. The Bertz CT molecular complexity index is 183. The Labute approximate surface area is 87.3 Å². The van der Waals surface area contributed by atoms with Gasteiger partial charge in [-0.15, -0.1) is 0 Å². The largest absolute Gasteiger partial charge is 0.391 e. The van der Waals surface area contributed by atoms with Gasteiger partial charge in [-0.1, -0.05) is 19.8 Å². The quantitative estimate of drug-likeness (QED) is 0.695. The van der Waals surface area contributed by atoms with E-state index in [0.717, 1.165) is 12.3 Å². The van der Waals surface area contributed by atoms with Gasteiger partial charge in [-0.05, 0) is 38.1 Å². The van der Waals surface area contributed by atoms with E-state index in [-0.39, 0.29) is 6.10 Å². The SMILES string of the molecule is CC1CCCN(C2CCCCC2O)C1. The van der Waals surface area contributed by atoms with Crippen LogP contribution in [-0.4, -0.2) is 35.2 Å². The Balaban J connectivity index is 1.91. The third kappa shape index (κ3) is 2.29. The van der Waals surface area contributed by atoms with Gasteiger partial charge >= 0.3 is 0 Å². The fraction of sp³-hybridized carbons (Fsp3) is 1.00. The van der Waals surface area contributed by atoms with Gasteiger partial charge in [-0.2, -0.15) is 0 Å². The maximum absolute atomic E-state index is 9.97. The number of piperidine rings is 1. The van der Waals surface area contributed by atoms with Gasteiger partial charge in [0.25, 0.3) is 0 Å². The van der Waals surface area contributed by atoms with Crippen molar-refractivity contribution in [1.82, 2.24) is 4.90 Å². The molecule has 1 saturated carbocycles. The van der Waals surface area contributed by atoms with Crippen molar-refractivity contribution in [2.75, 3.05) is 13.1 Å². The standard InChI is InChI=1S/C12H23NO/c1-10-5-4-8-13(9-10)11-6-2-3-7-12(11)14/h10-12,14H,2-9H2,1H3. The molecule has 2 fully saturated rings. The molecule has 1 aliphatic carbocycles. The number of aliphatic hydroxyl groups is 1. The van der Waals surface area contributed by atoms with Crippen LogP contribution in [0.5, 0.6) is 0 Å². The molecule has 2 nitrogen and oxygen atoms in total. The van der Waals surface area contributed by atoms with Crippen LogP contribution in [0, 0.1) is 5.92 Å². The van der Waals surface area contributed by atoms with E-state index >= 15 is 0 Å². The average molecular weight is 197 g/mol. The van der Waals surface area contributed by atoms with E-state index in [4.69, 9.17) is 0 Å². The van der Waals surface area contributed by atoms with E-state index in [9.17, 15) is 5.11 Å². The molecule has 0 spiro atoms. The van der Waals surface area contributed by atoms with Crippen molar-refractivity contribution in [2.24, 2.45) is 5.92 Å². The molecule has 14 heavy (non-hydrogen) atoms. The van der Waals surface area contributed by atoms with Crippen LogP contribution < -0.4 is 0 Å². The van der Waals surface area contributed by atoms with Gasteiger partial charge in [0.15, 0.2) is 0 Å². The molecule has 0 radical (unpaired) electrons. The first-order chi connectivity index (χ1) is 6.77. The molecule has 3 unspecified atom stereocenters. The molecule has 2 rings (SSSR count). The van der Waals surface area contributed by atoms with Crippen LogP contribution in [0.4, 0.5) is 0 Å². The second-order valence-electron chi connectivity index (χ2n) is 5.16. The number of aliphatic hydroxyl groups excluding tert-OH is 1. The highest BCUT2D eigenvalue weighted by molar-refractivity contribution is 4.85. The fourth-order valence-corrected chi connectivity index (χ4v) is 3.04. The van der Waals surface area contributed by atoms with Crippen molar-refractivity contribution in [3.8, 4) is 0 Å². The predicted octanol–water partition coefficient (Wildman–Crippen LogP) is 2.02. The zero-order valence-electron chi connectivity index (χ0n) is 9.28. The molecule has 0 bridgehead atoms. The Kier molecular flexibility index (Phi) is 3.45. The minimum atomic E-state index is -0.0472. The smallest absolute Gasteiger partial charge is 0.0695 e. The molecule has 1 aliphatic heterocycles. The predicted molar refractivity (Wildman–Crippen MR) is 58.2 cm³/mol. The number of hydrogen-bond acceptors (Lipinski definition) is 2. The summed E-state index contributed by atoms with van der Waals surface area (Å²) >= 11 is 0. The number of likely N-dealkylation sites (tertiary alicyclic amines) is 1. The summed E-state index contributed by atoms with van der Waals surface area (Å²) in [4.78, 5) is 2.54. The first-order valence-electron chi connectivity index (χ1n) is 6.19. The number of rotatable bonds is 1. The van der Waals surface area contributed by atoms with Gasteiger partial charge in [-0.25, -0.2) is 0 Å². The van der Waals surface area contributed by atoms with Crippen molar-refractivity contribution in [2.45, 2.75) is 57.6 Å². The van der Waals surface area contributed by atoms with Crippen molar-refractivity contribution in [3.63, 3.8) is 0 Å².